The molecule has 0 atom stereocenters. The highest BCUT2D eigenvalue weighted by Gasteiger charge is 2.10. The molecule has 0 aliphatic heterocycles. The van der Waals surface area contributed by atoms with Gasteiger partial charge in [-0.3, -0.25) is 4.98 Å². The van der Waals surface area contributed by atoms with E-state index in [1.165, 1.54) is 22.3 Å². The van der Waals surface area contributed by atoms with Gasteiger partial charge in [-0.25, -0.2) is 9.97 Å². The van der Waals surface area contributed by atoms with Crippen molar-refractivity contribution >= 4 is 22.3 Å². The number of aromatic nitrogens is 3. The van der Waals surface area contributed by atoms with Crippen LogP contribution in [0.1, 0.15) is 49.6 Å². The van der Waals surface area contributed by atoms with Crippen LogP contribution in [0.15, 0.2) is 90.8 Å². The fourth-order valence-corrected chi connectivity index (χ4v) is 4.33. The molecular weight excluding hydrogens is 440 g/mol. The Morgan fingerprint density at radius 3 is 2.53 bits per heavy atom. The van der Waals surface area contributed by atoms with Gasteiger partial charge < -0.3 is 5.32 Å². The molecule has 4 heteroatoms. The van der Waals surface area contributed by atoms with Crippen LogP contribution in [0, 0.1) is 13.8 Å². The Balaban J connectivity index is 1.52. The summed E-state index contributed by atoms with van der Waals surface area (Å²) in [5.74, 6) is 0.848. The molecule has 0 unspecified atom stereocenters. The molecule has 4 aromatic rings. The first-order valence-electron chi connectivity index (χ1n) is 12.5. The van der Waals surface area contributed by atoms with Gasteiger partial charge in [0.25, 0.3) is 0 Å². The second kappa shape index (κ2) is 11.6. The standard InChI is InChI=1S/C32H34N4/c1-6-8-22(3)18-27(9-7-2)26-14-11-25(12-15-26)20-33-32-24(5)31(34-21-35-32)29-16-17-30-28(19-29)13-10-23(4)36-30/h7-19,21H,6,20H2,1-5H3,(H,33,34,35)/b9-7-,22-8+,27-18+. The Morgan fingerprint density at radius 2 is 1.78 bits per heavy atom. The zero-order valence-electron chi connectivity index (χ0n) is 21.8. The van der Waals surface area contributed by atoms with Crippen LogP contribution < -0.4 is 5.32 Å². The van der Waals surface area contributed by atoms with Gasteiger partial charge in [0.1, 0.15) is 12.1 Å². The molecular formula is C32H34N4. The van der Waals surface area contributed by atoms with E-state index in [1.54, 1.807) is 6.33 Å². The molecule has 0 saturated carbocycles. The number of nitrogens with one attached hydrogen (secondary N) is 1. The van der Waals surface area contributed by atoms with Crippen molar-refractivity contribution in [2.24, 2.45) is 0 Å². The van der Waals surface area contributed by atoms with Crippen molar-refractivity contribution in [3.05, 3.63) is 113 Å². The molecule has 182 valence electrons. The van der Waals surface area contributed by atoms with Gasteiger partial charge in [-0.15, -0.1) is 0 Å². The minimum Gasteiger partial charge on any atom is -0.366 e. The Kier molecular flexibility index (Phi) is 8.06. The van der Waals surface area contributed by atoms with Crippen LogP contribution in [0.5, 0.6) is 0 Å². The fourth-order valence-electron chi connectivity index (χ4n) is 4.33. The zero-order chi connectivity index (χ0) is 25.5. The number of benzene rings is 2. The lowest BCUT2D eigenvalue weighted by Gasteiger charge is -2.13. The third kappa shape index (κ3) is 5.95. The van der Waals surface area contributed by atoms with Crippen molar-refractivity contribution in [2.45, 2.75) is 47.6 Å². The summed E-state index contributed by atoms with van der Waals surface area (Å²) in [7, 11) is 0. The van der Waals surface area contributed by atoms with Gasteiger partial charge in [0, 0.05) is 28.8 Å². The van der Waals surface area contributed by atoms with E-state index in [0.29, 0.717) is 6.54 Å². The molecule has 0 spiro atoms. The highest BCUT2D eigenvalue weighted by Crippen LogP contribution is 2.28. The number of fused-ring (bicyclic) bond motifs is 1. The van der Waals surface area contributed by atoms with Gasteiger partial charge in [0.2, 0.25) is 0 Å². The number of aryl methyl sites for hydroxylation is 1. The van der Waals surface area contributed by atoms with Crippen molar-refractivity contribution < 1.29 is 0 Å². The molecule has 0 aliphatic carbocycles. The first-order chi connectivity index (χ1) is 17.5. The molecule has 0 aliphatic rings. The van der Waals surface area contributed by atoms with Crippen LogP contribution in [-0.2, 0) is 6.54 Å². The van der Waals surface area contributed by atoms with Crippen LogP contribution in [0.3, 0.4) is 0 Å². The molecule has 1 N–H and O–H groups in total. The summed E-state index contributed by atoms with van der Waals surface area (Å²) >= 11 is 0. The lowest BCUT2D eigenvalue weighted by Crippen LogP contribution is -2.05. The van der Waals surface area contributed by atoms with Crippen LogP contribution in [0.4, 0.5) is 5.82 Å². The highest BCUT2D eigenvalue weighted by molar-refractivity contribution is 5.85. The Labute approximate surface area is 214 Å². The third-order valence-electron chi connectivity index (χ3n) is 6.19. The summed E-state index contributed by atoms with van der Waals surface area (Å²) in [4.78, 5) is 13.7. The summed E-state index contributed by atoms with van der Waals surface area (Å²) in [5, 5.41) is 4.61. The number of pyridine rings is 1. The van der Waals surface area contributed by atoms with Crippen molar-refractivity contribution in [1.82, 2.24) is 15.0 Å². The van der Waals surface area contributed by atoms with E-state index >= 15 is 0 Å². The van der Waals surface area contributed by atoms with Crippen molar-refractivity contribution in [3.63, 3.8) is 0 Å². The first kappa shape index (κ1) is 25.1. The summed E-state index contributed by atoms with van der Waals surface area (Å²) < 4.78 is 0. The maximum Gasteiger partial charge on any atom is 0.133 e. The van der Waals surface area contributed by atoms with Crippen molar-refractivity contribution in [2.75, 3.05) is 5.32 Å². The topological polar surface area (TPSA) is 50.7 Å². The molecule has 0 saturated heterocycles. The van der Waals surface area contributed by atoms with Gasteiger partial charge in [-0.05, 0) is 69.0 Å². The number of nitrogens with zero attached hydrogens (tertiary/aromatic N) is 3. The lowest BCUT2D eigenvalue weighted by molar-refractivity contribution is 1.06. The highest BCUT2D eigenvalue weighted by atomic mass is 15.0. The van der Waals surface area contributed by atoms with E-state index in [2.05, 4.69) is 121 Å². The Bertz CT molecular complexity index is 1440. The summed E-state index contributed by atoms with van der Waals surface area (Å²) in [6, 6.07) is 19.2. The normalized spacial score (nSPS) is 12.5. The van der Waals surface area contributed by atoms with Gasteiger partial charge in [-0.1, -0.05) is 73.2 Å². The van der Waals surface area contributed by atoms with Crippen molar-refractivity contribution in [3.8, 4) is 11.3 Å². The smallest absolute Gasteiger partial charge is 0.133 e. The Hall–Kier alpha value is -4.05. The van der Waals surface area contributed by atoms with E-state index in [0.717, 1.165) is 45.7 Å². The quantitative estimate of drug-likeness (QED) is 0.261. The molecule has 4 rings (SSSR count). The van der Waals surface area contributed by atoms with Gasteiger partial charge in [-0.2, -0.15) is 0 Å². The molecule has 4 nitrogen and oxygen atoms in total. The van der Waals surface area contributed by atoms with Gasteiger partial charge in [0.05, 0.1) is 11.2 Å². The average Bonchev–Trinajstić information content (AvgIpc) is 2.88. The molecule has 2 aromatic heterocycles. The lowest BCUT2D eigenvalue weighted by atomic mass is 10.0. The molecule has 0 fully saturated rings. The summed E-state index contributed by atoms with van der Waals surface area (Å²) in [6.45, 7) is 11.1. The monoisotopic (exact) mass is 474 g/mol. The molecule has 0 amide bonds. The van der Waals surface area contributed by atoms with E-state index < -0.39 is 0 Å². The molecule has 0 bridgehead atoms. The average molecular weight is 475 g/mol. The molecule has 2 aromatic carbocycles. The number of hydrogen-bond donors (Lipinski definition) is 1. The zero-order valence-corrected chi connectivity index (χ0v) is 21.8. The maximum absolute atomic E-state index is 4.61. The Morgan fingerprint density at radius 1 is 0.972 bits per heavy atom. The number of allylic oxidation sites excluding steroid dienone is 6. The second-order valence-electron chi connectivity index (χ2n) is 9.06. The predicted molar refractivity (Wildman–Crippen MR) is 153 cm³/mol. The predicted octanol–water partition coefficient (Wildman–Crippen LogP) is 8.24. The summed E-state index contributed by atoms with van der Waals surface area (Å²) in [6.07, 6.45) is 11.4. The van der Waals surface area contributed by atoms with Gasteiger partial charge in [0.15, 0.2) is 0 Å². The first-order valence-corrected chi connectivity index (χ1v) is 12.5. The fraction of sp³-hybridized carbons (Fsp3) is 0.219. The van der Waals surface area contributed by atoms with E-state index in [9.17, 15) is 0 Å². The minimum atomic E-state index is 0.690. The SMILES string of the molecule is C\C=C/C(=C\C(C)=C\CC)c1ccc(CNc2ncnc(-c3ccc4nc(C)ccc4c3)c2C)cc1. The third-order valence-corrected chi connectivity index (χ3v) is 6.19. The van der Waals surface area contributed by atoms with Crippen LogP contribution >= 0.6 is 0 Å². The maximum atomic E-state index is 4.61. The van der Waals surface area contributed by atoms with Crippen LogP contribution in [0.25, 0.3) is 27.7 Å². The number of hydrogen-bond acceptors (Lipinski definition) is 4. The van der Waals surface area contributed by atoms with Crippen LogP contribution in [-0.4, -0.2) is 15.0 Å². The van der Waals surface area contributed by atoms with Crippen LogP contribution in [0.2, 0.25) is 0 Å². The van der Waals surface area contributed by atoms with Crippen molar-refractivity contribution in [1.29, 1.82) is 0 Å². The van der Waals surface area contributed by atoms with E-state index in [4.69, 9.17) is 0 Å². The number of anilines is 1. The van der Waals surface area contributed by atoms with E-state index in [-0.39, 0.29) is 0 Å². The summed E-state index contributed by atoms with van der Waals surface area (Å²) in [5.41, 5.74) is 9.96. The molecule has 2 heterocycles. The minimum absolute atomic E-state index is 0.690. The molecule has 36 heavy (non-hydrogen) atoms. The second-order valence-corrected chi connectivity index (χ2v) is 9.06. The molecule has 0 radical (unpaired) electrons. The largest absolute Gasteiger partial charge is 0.366 e. The van der Waals surface area contributed by atoms with E-state index in [1.807, 2.05) is 13.0 Å². The number of rotatable bonds is 8. The van der Waals surface area contributed by atoms with Gasteiger partial charge >= 0.3 is 0 Å².